The second kappa shape index (κ2) is 6.05. The van der Waals surface area contributed by atoms with E-state index in [1.165, 1.54) is 24.3 Å². The molecule has 0 atom stereocenters. The van der Waals surface area contributed by atoms with Crippen molar-refractivity contribution in [1.82, 2.24) is 4.90 Å². The van der Waals surface area contributed by atoms with Crippen molar-refractivity contribution in [2.75, 3.05) is 36.8 Å². The Labute approximate surface area is 128 Å². The first-order chi connectivity index (χ1) is 10.6. The van der Waals surface area contributed by atoms with Crippen LogP contribution in [0.4, 0.5) is 15.8 Å². The van der Waals surface area contributed by atoms with Gasteiger partial charge >= 0.3 is 0 Å². The number of piperazine rings is 1. The number of anilines is 2. The van der Waals surface area contributed by atoms with E-state index in [0.717, 1.165) is 24.5 Å². The average molecular weight is 299 g/mol. The van der Waals surface area contributed by atoms with Gasteiger partial charge in [-0.15, -0.1) is 0 Å². The summed E-state index contributed by atoms with van der Waals surface area (Å²) in [7, 11) is 0. The number of carbonyl (C=O) groups is 1. The van der Waals surface area contributed by atoms with E-state index in [0.29, 0.717) is 18.7 Å². The Morgan fingerprint density at radius 3 is 2.23 bits per heavy atom. The maximum Gasteiger partial charge on any atom is 0.253 e. The van der Waals surface area contributed by atoms with Crippen LogP contribution in [0.2, 0.25) is 0 Å². The second-order valence-electron chi connectivity index (χ2n) is 5.34. The predicted octanol–water partition coefficient (Wildman–Crippen LogP) is 2.37. The standard InChI is InChI=1S/C17H18FN3O/c18-14-7-5-13(6-8-14)17(22)21-11-9-20(10-12-21)16-4-2-1-3-15(16)19/h1-8H,9-12,19H2. The van der Waals surface area contributed by atoms with Crippen LogP contribution >= 0.6 is 0 Å². The van der Waals surface area contributed by atoms with Crippen molar-refractivity contribution in [2.45, 2.75) is 0 Å². The Morgan fingerprint density at radius 2 is 1.59 bits per heavy atom. The molecule has 0 aromatic heterocycles. The van der Waals surface area contributed by atoms with Crippen molar-refractivity contribution in [3.63, 3.8) is 0 Å². The fourth-order valence-corrected chi connectivity index (χ4v) is 2.70. The normalized spacial score (nSPS) is 15.0. The van der Waals surface area contributed by atoms with E-state index in [1.54, 1.807) is 4.90 Å². The van der Waals surface area contributed by atoms with Crippen LogP contribution in [0.3, 0.4) is 0 Å². The molecule has 0 aliphatic carbocycles. The maximum atomic E-state index is 12.9. The summed E-state index contributed by atoms with van der Waals surface area (Å²) in [5.41, 5.74) is 8.28. The van der Waals surface area contributed by atoms with Crippen molar-refractivity contribution in [3.8, 4) is 0 Å². The lowest BCUT2D eigenvalue weighted by Gasteiger charge is -2.36. The highest BCUT2D eigenvalue weighted by molar-refractivity contribution is 5.94. The highest BCUT2D eigenvalue weighted by Gasteiger charge is 2.23. The molecule has 1 amide bonds. The van der Waals surface area contributed by atoms with Crippen molar-refractivity contribution in [3.05, 3.63) is 59.9 Å². The fraction of sp³-hybridized carbons (Fsp3) is 0.235. The van der Waals surface area contributed by atoms with Crippen LogP contribution in [0.1, 0.15) is 10.4 Å². The molecule has 0 spiro atoms. The molecule has 1 aliphatic rings. The van der Waals surface area contributed by atoms with Crippen LogP contribution < -0.4 is 10.6 Å². The summed E-state index contributed by atoms with van der Waals surface area (Å²) in [6.45, 7) is 2.73. The summed E-state index contributed by atoms with van der Waals surface area (Å²) >= 11 is 0. The number of hydrogen-bond donors (Lipinski definition) is 1. The molecule has 1 saturated heterocycles. The molecule has 5 heteroatoms. The highest BCUT2D eigenvalue weighted by Crippen LogP contribution is 2.23. The Balaban J connectivity index is 1.65. The van der Waals surface area contributed by atoms with E-state index in [4.69, 9.17) is 5.73 Å². The van der Waals surface area contributed by atoms with E-state index in [9.17, 15) is 9.18 Å². The molecule has 1 heterocycles. The lowest BCUT2D eigenvalue weighted by Crippen LogP contribution is -2.49. The summed E-state index contributed by atoms with van der Waals surface area (Å²) < 4.78 is 12.9. The molecular weight excluding hydrogens is 281 g/mol. The van der Waals surface area contributed by atoms with Crippen LogP contribution in [0.25, 0.3) is 0 Å². The topological polar surface area (TPSA) is 49.6 Å². The third kappa shape index (κ3) is 2.88. The summed E-state index contributed by atoms with van der Waals surface area (Å²) in [6, 6.07) is 13.4. The minimum absolute atomic E-state index is 0.0549. The van der Waals surface area contributed by atoms with Gasteiger partial charge < -0.3 is 15.5 Å². The first-order valence-corrected chi connectivity index (χ1v) is 7.29. The number of nitrogens with zero attached hydrogens (tertiary/aromatic N) is 2. The van der Waals surface area contributed by atoms with Gasteiger partial charge in [0.2, 0.25) is 0 Å². The number of benzene rings is 2. The molecule has 0 saturated carbocycles. The fourth-order valence-electron chi connectivity index (χ4n) is 2.70. The van der Waals surface area contributed by atoms with Gasteiger partial charge in [-0.05, 0) is 36.4 Å². The monoisotopic (exact) mass is 299 g/mol. The van der Waals surface area contributed by atoms with Crippen LogP contribution in [-0.2, 0) is 0 Å². The Hall–Kier alpha value is -2.56. The van der Waals surface area contributed by atoms with E-state index >= 15 is 0 Å². The zero-order chi connectivity index (χ0) is 15.5. The zero-order valence-electron chi connectivity index (χ0n) is 12.2. The van der Waals surface area contributed by atoms with Gasteiger partial charge in [-0.25, -0.2) is 4.39 Å². The number of rotatable bonds is 2. The Morgan fingerprint density at radius 1 is 0.955 bits per heavy atom. The third-order valence-corrected chi connectivity index (χ3v) is 3.94. The van der Waals surface area contributed by atoms with Crippen LogP contribution in [0.15, 0.2) is 48.5 Å². The first-order valence-electron chi connectivity index (χ1n) is 7.29. The summed E-state index contributed by atoms with van der Waals surface area (Å²) in [5.74, 6) is -0.387. The minimum atomic E-state index is -0.332. The van der Waals surface area contributed by atoms with E-state index in [-0.39, 0.29) is 11.7 Å². The molecule has 2 aromatic carbocycles. The predicted molar refractivity (Wildman–Crippen MR) is 85.4 cm³/mol. The van der Waals surface area contributed by atoms with Crippen molar-refractivity contribution >= 4 is 17.3 Å². The third-order valence-electron chi connectivity index (χ3n) is 3.94. The molecule has 0 radical (unpaired) electrons. The molecule has 22 heavy (non-hydrogen) atoms. The van der Waals surface area contributed by atoms with Gasteiger partial charge in [-0.1, -0.05) is 12.1 Å². The molecule has 3 rings (SSSR count). The molecule has 114 valence electrons. The maximum absolute atomic E-state index is 12.9. The van der Waals surface area contributed by atoms with Gasteiger partial charge in [0, 0.05) is 31.7 Å². The van der Waals surface area contributed by atoms with E-state index in [2.05, 4.69) is 4.90 Å². The van der Waals surface area contributed by atoms with Gasteiger partial charge in [-0.3, -0.25) is 4.79 Å². The van der Waals surface area contributed by atoms with Crippen LogP contribution in [0.5, 0.6) is 0 Å². The number of para-hydroxylation sites is 2. The molecule has 2 aromatic rings. The largest absolute Gasteiger partial charge is 0.397 e. The van der Waals surface area contributed by atoms with Crippen molar-refractivity contribution in [2.24, 2.45) is 0 Å². The van der Waals surface area contributed by atoms with Gasteiger partial charge in [0.25, 0.3) is 5.91 Å². The van der Waals surface area contributed by atoms with Crippen LogP contribution in [-0.4, -0.2) is 37.0 Å². The number of carbonyl (C=O) groups excluding carboxylic acids is 1. The smallest absolute Gasteiger partial charge is 0.253 e. The number of nitrogens with two attached hydrogens (primary N) is 1. The quantitative estimate of drug-likeness (QED) is 0.866. The molecule has 1 fully saturated rings. The number of halogens is 1. The summed E-state index contributed by atoms with van der Waals surface area (Å²) in [4.78, 5) is 16.4. The summed E-state index contributed by atoms with van der Waals surface area (Å²) in [5, 5.41) is 0. The van der Waals surface area contributed by atoms with Crippen LogP contribution in [0, 0.1) is 5.82 Å². The number of hydrogen-bond acceptors (Lipinski definition) is 3. The molecule has 2 N–H and O–H groups in total. The van der Waals surface area contributed by atoms with Crippen molar-refractivity contribution < 1.29 is 9.18 Å². The van der Waals surface area contributed by atoms with Gasteiger partial charge in [0.15, 0.2) is 0 Å². The zero-order valence-corrected chi connectivity index (χ0v) is 12.2. The summed E-state index contributed by atoms with van der Waals surface area (Å²) in [6.07, 6.45) is 0. The van der Waals surface area contributed by atoms with Gasteiger partial charge in [-0.2, -0.15) is 0 Å². The van der Waals surface area contributed by atoms with E-state index < -0.39 is 0 Å². The number of nitrogen functional groups attached to an aromatic ring is 1. The molecule has 1 aliphatic heterocycles. The lowest BCUT2D eigenvalue weighted by molar-refractivity contribution is 0.0747. The average Bonchev–Trinajstić information content (AvgIpc) is 2.56. The van der Waals surface area contributed by atoms with Gasteiger partial charge in [0.05, 0.1) is 11.4 Å². The van der Waals surface area contributed by atoms with Gasteiger partial charge in [0.1, 0.15) is 5.82 Å². The first kappa shape index (κ1) is 14.4. The molecule has 0 bridgehead atoms. The lowest BCUT2D eigenvalue weighted by atomic mass is 10.1. The number of amides is 1. The molecule has 4 nitrogen and oxygen atoms in total. The Kier molecular flexibility index (Phi) is 3.96. The molecule has 0 unspecified atom stereocenters. The van der Waals surface area contributed by atoms with Crippen molar-refractivity contribution in [1.29, 1.82) is 0 Å². The molecular formula is C17H18FN3O. The second-order valence-corrected chi connectivity index (χ2v) is 5.34. The minimum Gasteiger partial charge on any atom is -0.397 e. The highest BCUT2D eigenvalue weighted by atomic mass is 19.1. The Bertz CT molecular complexity index is 664. The SMILES string of the molecule is Nc1ccccc1N1CCN(C(=O)c2ccc(F)cc2)CC1. The van der Waals surface area contributed by atoms with E-state index in [1.807, 2.05) is 24.3 Å².